The predicted octanol–water partition coefficient (Wildman–Crippen LogP) is 1.64. The number of rotatable bonds is 9. The number of likely N-dealkylation sites (tertiary alicyclic amines) is 1. The van der Waals surface area contributed by atoms with Crippen molar-refractivity contribution in [1.29, 1.82) is 0 Å². The van der Waals surface area contributed by atoms with Crippen molar-refractivity contribution in [1.82, 2.24) is 15.5 Å². The number of carbonyl (C=O) groups is 3. The lowest BCUT2D eigenvalue weighted by Gasteiger charge is -2.30. The van der Waals surface area contributed by atoms with E-state index in [1.807, 2.05) is 6.07 Å². The molecule has 1 heterocycles. The van der Waals surface area contributed by atoms with Crippen LogP contribution in [-0.4, -0.2) is 70.3 Å². The molecule has 2 aromatic carbocycles. The molecular formula is C26H30FN3O5. The van der Waals surface area contributed by atoms with Crippen molar-refractivity contribution < 1.29 is 29.0 Å². The molecule has 3 rings (SSSR count). The SMILES string of the molecule is C=CCNC(=O)C1[C@@H](F)CCN1C(=O)[C@@H](O)[C@H](Cc1ccccc1)NC(=O)c1cccc(O)c1C. The predicted molar refractivity (Wildman–Crippen MR) is 128 cm³/mol. The zero-order chi connectivity index (χ0) is 25.5. The van der Waals surface area contributed by atoms with Crippen LogP contribution >= 0.6 is 0 Å². The Kier molecular flexibility index (Phi) is 8.59. The fourth-order valence-corrected chi connectivity index (χ4v) is 4.15. The summed E-state index contributed by atoms with van der Waals surface area (Å²) in [6, 6.07) is 11.0. The van der Waals surface area contributed by atoms with Crippen molar-refractivity contribution in [3.8, 4) is 5.75 Å². The third-order valence-corrected chi connectivity index (χ3v) is 6.10. The third kappa shape index (κ3) is 6.05. The number of phenols is 1. The largest absolute Gasteiger partial charge is 0.508 e. The topological polar surface area (TPSA) is 119 Å². The monoisotopic (exact) mass is 483 g/mol. The first kappa shape index (κ1) is 25.9. The van der Waals surface area contributed by atoms with Gasteiger partial charge in [0, 0.05) is 24.2 Å². The maximum absolute atomic E-state index is 14.5. The Morgan fingerprint density at radius 2 is 1.91 bits per heavy atom. The Balaban J connectivity index is 1.85. The van der Waals surface area contributed by atoms with Gasteiger partial charge < -0.3 is 25.7 Å². The van der Waals surface area contributed by atoms with Gasteiger partial charge in [-0.2, -0.15) is 0 Å². The number of amides is 3. The van der Waals surface area contributed by atoms with Crippen molar-refractivity contribution >= 4 is 17.7 Å². The van der Waals surface area contributed by atoms with Crippen LogP contribution < -0.4 is 10.6 Å². The van der Waals surface area contributed by atoms with Crippen LogP contribution in [0, 0.1) is 6.92 Å². The van der Waals surface area contributed by atoms with Gasteiger partial charge in [0.05, 0.1) is 6.04 Å². The van der Waals surface area contributed by atoms with Crippen molar-refractivity contribution in [2.24, 2.45) is 0 Å². The van der Waals surface area contributed by atoms with Crippen LogP contribution in [0.4, 0.5) is 4.39 Å². The fourth-order valence-electron chi connectivity index (χ4n) is 4.15. The molecule has 8 nitrogen and oxygen atoms in total. The summed E-state index contributed by atoms with van der Waals surface area (Å²) in [5.74, 6) is -2.17. The molecule has 0 radical (unpaired) electrons. The van der Waals surface area contributed by atoms with Crippen LogP contribution in [-0.2, 0) is 16.0 Å². The third-order valence-electron chi connectivity index (χ3n) is 6.10. The highest BCUT2D eigenvalue weighted by Gasteiger charge is 2.45. The molecule has 4 atom stereocenters. The molecule has 9 heteroatoms. The number of aliphatic hydroxyl groups excluding tert-OH is 1. The molecule has 0 bridgehead atoms. The molecular weight excluding hydrogens is 453 g/mol. The summed E-state index contributed by atoms with van der Waals surface area (Å²) < 4.78 is 14.5. The zero-order valence-corrected chi connectivity index (χ0v) is 19.5. The Hall–Kier alpha value is -3.72. The van der Waals surface area contributed by atoms with Gasteiger partial charge in [-0.05, 0) is 37.5 Å². The molecule has 1 aliphatic rings. The summed E-state index contributed by atoms with van der Waals surface area (Å²) in [5.41, 5.74) is 1.29. The molecule has 1 fully saturated rings. The molecule has 0 spiro atoms. The summed E-state index contributed by atoms with van der Waals surface area (Å²) >= 11 is 0. The zero-order valence-electron chi connectivity index (χ0n) is 19.5. The van der Waals surface area contributed by atoms with Gasteiger partial charge >= 0.3 is 0 Å². The number of benzene rings is 2. The summed E-state index contributed by atoms with van der Waals surface area (Å²) in [5, 5.41) is 26.2. The maximum Gasteiger partial charge on any atom is 0.254 e. The Bertz CT molecular complexity index is 1080. The molecule has 2 aromatic rings. The molecule has 1 saturated heterocycles. The molecule has 0 saturated carbocycles. The van der Waals surface area contributed by atoms with E-state index < -0.39 is 42.1 Å². The lowest BCUT2D eigenvalue weighted by Crippen LogP contribution is -2.57. The van der Waals surface area contributed by atoms with Crippen LogP contribution in [0.5, 0.6) is 5.75 Å². The number of halogens is 1. The fraction of sp³-hybridized carbons (Fsp3) is 0.346. The van der Waals surface area contributed by atoms with Gasteiger partial charge in [0.1, 0.15) is 18.0 Å². The smallest absolute Gasteiger partial charge is 0.254 e. The number of nitrogens with one attached hydrogen (secondary N) is 2. The van der Waals surface area contributed by atoms with Crippen LogP contribution in [0.3, 0.4) is 0 Å². The van der Waals surface area contributed by atoms with E-state index in [2.05, 4.69) is 17.2 Å². The van der Waals surface area contributed by atoms with Crippen LogP contribution in [0.2, 0.25) is 0 Å². The number of phenolic OH excluding ortho intramolecular Hbond substituents is 1. The molecule has 186 valence electrons. The van der Waals surface area contributed by atoms with Crippen molar-refractivity contribution in [2.75, 3.05) is 13.1 Å². The van der Waals surface area contributed by atoms with E-state index in [-0.39, 0.29) is 37.2 Å². The lowest BCUT2D eigenvalue weighted by atomic mass is 9.98. The minimum absolute atomic E-state index is 0.0389. The van der Waals surface area contributed by atoms with E-state index >= 15 is 0 Å². The molecule has 3 amide bonds. The second-order valence-electron chi connectivity index (χ2n) is 8.48. The second-order valence-corrected chi connectivity index (χ2v) is 8.48. The van der Waals surface area contributed by atoms with E-state index in [9.17, 15) is 29.0 Å². The van der Waals surface area contributed by atoms with Crippen molar-refractivity contribution in [3.63, 3.8) is 0 Å². The van der Waals surface area contributed by atoms with E-state index in [0.717, 1.165) is 10.5 Å². The molecule has 35 heavy (non-hydrogen) atoms. The average Bonchev–Trinajstić information content (AvgIpc) is 3.24. The Morgan fingerprint density at radius 3 is 2.60 bits per heavy atom. The van der Waals surface area contributed by atoms with E-state index in [1.54, 1.807) is 31.2 Å². The van der Waals surface area contributed by atoms with Gasteiger partial charge in [-0.1, -0.05) is 42.5 Å². The first-order valence-electron chi connectivity index (χ1n) is 11.4. The van der Waals surface area contributed by atoms with Crippen LogP contribution in [0.15, 0.2) is 61.2 Å². The average molecular weight is 484 g/mol. The van der Waals surface area contributed by atoms with Gasteiger partial charge in [-0.25, -0.2) is 4.39 Å². The highest BCUT2D eigenvalue weighted by Crippen LogP contribution is 2.24. The van der Waals surface area contributed by atoms with Gasteiger partial charge in [0.15, 0.2) is 6.10 Å². The summed E-state index contributed by atoms with van der Waals surface area (Å²) in [6.45, 7) is 5.16. The summed E-state index contributed by atoms with van der Waals surface area (Å²) in [7, 11) is 0. The van der Waals surface area contributed by atoms with Gasteiger partial charge in [-0.15, -0.1) is 6.58 Å². The normalized spacial score (nSPS) is 19.0. The van der Waals surface area contributed by atoms with Crippen LogP contribution in [0.1, 0.15) is 27.9 Å². The molecule has 4 N–H and O–H groups in total. The van der Waals surface area contributed by atoms with Gasteiger partial charge in [-0.3, -0.25) is 14.4 Å². The number of hydrogen-bond donors (Lipinski definition) is 4. The van der Waals surface area contributed by atoms with E-state index in [4.69, 9.17) is 0 Å². The standard InChI is InChI=1S/C26H30FN3O5/c1-3-13-28-25(34)22-19(27)12-14-30(22)26(35)23(32)20(15-17-8-5-4-6-9-17)29-24(33)18-10-7-11-21(31)16(18)2/h3-11,19-20,22-23,31-32H,1,12-15H2,2H3,(H,28,34)(H,29,33)/t19-,20-,22?,23-/m0/s1. The van der Waals surface area contributed by atoms with E-state index in [0.29, 0.717) is 5.56 Å². The number of aliphatic hydroxyl groups is 1. The Morgan fingerprint density at radius 1 is 1.20 bits per heavy atom. The molecule has 1 aliphatic heterocycles. The maximum atomic E-state index is 14.5. The Labute approximate surface area is 203 Å². The van der Waals surface area contributed by atoms with Gasteiger partial charge in [0.25, 0.3) is 11.8 Å². The summed E-state index contributed by atoms with van der Waals surface area (Å²) in [6.07, 6.45) is -1.80. The summed E-state index contributed by atoms with van der Waals surface area (Å²) in [4.78, 5) is 39.8. The highest BCUT2D eigenvalue weighted by atomic mass is 19.1. The first-order valence-corrected chi connectivity index (χ1v) is 11.4. The minimum atomic E-state index is -1.74. The first-order chi connectivity index (χ1) is 16.7. The number of carbonyl (C=O) groups excluding carboxylic acids is 3. The van der Waals surface area contributed by atoms with Gasteiger partial charge in [0.2, 0.25) is 5.91 Å². The number of aromatic hydroxyl groups is 1. The molecule has 0 aromatic heterocycles. The quantitative estimate of drug-likeness (QED) is 0.405. The number of hydrogen-bond acceptors (Lipinski definition) is 5. The molecule has 1 unspecified atom stereocenters. The second kappa shape index (κ2) is 11.6. The number of nitrogens with zero attached hydrogens (tertiary/aromatic N) is 1. The van der Waals surface area contributed by atoms with Crippen molar-refractivity contribution in [3.05, 3.63) is 77.9 Å². The molecule has 0 aliphatic carbocycles. The van der Waals surface area contributed by atoms with Crippen LogP contribution in [0.25, 0.3) is 0 Å². The van der Waals surface area contributed by atoms with E-state index in [1.165, 1.54) is 24.3 Å². The number of alkyl halides is 1. The highest BCUT2D eigenvalue weighted by molar-refractivity contribution is 5.97. The minimum Gasteiger partial charge on any atom is -0.508 e. The lowest BCUT2D eigenvalue weighted by molar-refractivity contribution is -0.147. The van der Waals surface area contributed by atoms with Crippen molar-refractivity contribution in [2.45, 2.75) is 44.1 Å².